The van der Waals surface area contributed by atoms with Crippen molar-refractivity contribution in [3.8, 4) is 23.0 Å². The van der Waals surface area contributed by atoms with Gasteiger partial charge in [-0.25, -0.2) is 9.59 Å². The van der Waals surface area contributed by atoms with Gasteiger partial charge in [0, 0.05) is 12.4 Å². The zero-order chi connectivity index (χ0) is 32.1. The monoisotopic (exact) mass is 612 g/mol. The Bertz CT molecular complexity index is 1680. The summed E-state index contributed by atoms with van der Waals surface area (Å²) in [7, 11) is 0. The minimum absolute atomic E-state index is 0.436. The van der Waals surface area contributed by atoms with Crippen LogP contribution in [0.1, 0.15) is 45.7 Å². The maximum Gasteiger partial charge on any atom is 0.343 e. The lowest BCUT2D eigenvalue weighted by Gasteiger charge is -2.06. The number of hydrogen-bond donors (Lipinski definition) is 0. The van der Waals surface area contributed by atoms with E-state index in [-0.39, 0.29) is 0 Å². The summed E-state index contributed by atoms with van der Waals surface area (Å²) in [6.45, 7) is 4.93. The molecule has 0 bridgehead atoms. The van der Waals surface area contributed by atoms with Crippen LogP contribution in [-0.2, 0) is 0 Å². The van der Waals surface area contributed by atoms with Gasteiger partial charge in [0.15, 0.2) is 0 Å². The first-order valence-electron chi connectivity index (χ1n) is 14.8. The standard InChI is InChI=1S/C38H32N2O6/c1-3-43-33-20-12-29(13-21-33)37(41)45-35-16-8-27(9-17-35)25-39-31-6-5-7-32(24-31)40-26-28-10-18-36(19-11-28)46-38(42)30-14-22-34(23-15-30)44-4-2/h5-26H,3-4H2,1-2H3. The van der Waals surface area contributed by atoms with E-state index in [0.29, 0.717) is 47.3 Å². The molecule has 8 nitrogen and oxygen atoms in total. The highest BCUT2D eigenvalue weighted by Crippen LogP contribution is 2.22. The molecule has 0 aliphatic rings. The molecule has 0 fully saturated rings. The van der Waals surface area contributed by atoms with Crippen LogP contribution in [0.25, 0.3) is 0 Å². The van der Waals surface area contributed by atoms with Crippen LogP contribution in [0.4, 0.5) is 11.4 Å². The molecule has 0 saturated heterocycles. The molecule has 0 radical (unpaired) electrons. The first-order valence-corrected chi connectivity index (χ1v) is 14.8. The lowest BCUT2D eigenvalue weighted by Crippen LogP contribution is -2.08. The fourth-order valence-corrected chi connectivity index (χ4v) is 4.24. The Kier molecular flexibility index (Phi) is 10.7. The van der Waals surface area contributed by atoms with Crippen molar-refractivity contribution >= 4 is 35.7 Å². The van der Waals surface area contributed by atoms with Gasteiger partial charge in [-0.2, -0.15) is 0 Å². The van der Waals surface area contributed by atoms with Crippen LogP contribution in [0.2, 0.25) is 0 Å². The summed E-state index contributed by atoms with van der Waals surface area (Å²) in [5.74, 6) is 1.39. The summed E-state index contributed by atoms with van der Waals surface area (Å²) in [6.07, 6.45) is 3.46. The summed E-state index contributed by atoms with van der Waals surface area (Å²) < 4.78 is 21.8. The molecule has 5 rings (SSSR count). The van der Waals surface area contributed by atoms with Gasteiger partial charge in [-0.1, -0.05) is 6.07 Å². The van der Waals surface area contributed by atoms with Gasteiger partial charge in [-0.15, -0.1) is 0 Å². The Balaban J connectivity index is 1.13. The van der Waals surface area contributed by atoms with E-state index in [1.807, 2.05) is 62.4 Å². The minimum atomic E-state index is -0.443. The zero-order valence-electron chi connectivity index (χ0n) is 25.5. The van der Waals surface area contributed by atoms with E-state index in [9.17, 15) is 9.59 Å². The van der Waals surface area contributed by atoms with Crippen LogP contribution in [0.3, 0.4) is 0 Å². The topological polar surface area (TPSA) is 95.8 Å². The Labute approximate surface area is 267 Å². The van der Waals surface area contributed by atoms with Crippen molar-refractivity contribution in [2.24, 2.45) is 9.98 Å². The highest BCUT2D eigenvalue weighted by Gasteiger charge is 2.10. The summed E-state index contributed by atoms with van der Waals surface area (Å²) in [5, 5.41) is 0. The number of ether oxygens (including phenoxy) is 4. The molecule has 0 heterocycles. The molecule has 5 aromatic rings. The van der Waals surface area contributed by atoms with Crippen molar-refractivity contribution in [1.82, 2.24) is 0 Å². The van der Waals surface area contributed by atoms with Crippen molar-refractivity contribution in [1.29, 1.82) is 0 Å². The summed E-state index contributed by atoms with van der Waals surface area (Å²) in [6, 6.07) is 35.4. The first kappa shape index (κ1) is 31.4. The van der Waals surface area contributed by atoms with Crippen LogP contribution >= 0.6 is 0 Å². The normalized spacial score (nSPS) is 11.0. The minimum Gasteiger partial charge on any atom is -0.494 e. The fraction of sp³-hybridized carbons (Fsp3) is 0.105. The number of esters is 2. The smallest absolute Gasteiger partial charge is 0.343 e. The molecule has 8 heteroatoms. The SMILES string of the molecule is CCOc1ccc(C(=O)Oc2ccc(C=Nc3cccc(N=Cc4ccc(OC(=O)c5ccc(OCC)cc5)cc4)c3)cc2)cc1. The molecule has 0 unspecified atom stereocenters. The highest BCUT2D eigenvalue weighted by atomic mass is 16.5. The third-order valence-corrected chi connectivity index (χ3v) is 6.54. The van der Waals surface area contributed by atoms with Gasteiger partial charge in [0.25, 0.3) is 0 Å². The predicted molar refractivity (Wildman–Crippen MR) is 179 cm³/mol. The van der Waals surface area contributed by atoms with Crippen molar-refractivity contribution < 1.29 is 28.5 Å². The third-order valence-electron chi connectivity index (χ3n) is 6.54. The van der Waals surface area contributed by atoms with Crippen molar-refractivity contribution in [3.05, 3.63) is 144 Å². The average molecular weight is 613 g/mol. The summed E-state index contributed by atoms with van der Waals surface area (Å²) in [5.41, 5.74) is 4.04. The number of rotatable bonds is 12. The maximum atomic E-state index is 12.5. The molecule has 230 valence electrons. The second kappa shape index (κ2) is 15.6. The van der Waals surface area contributed by atoms with Gasteiger partial charge in [0.1, 0.15) is 23.0 Å². The quantitative estimate of drug-likeness (QED) is 0.0797. The largest absolute Gasteiger partial charge is 0.494 e. The molecule has 0 aliphatic carbocycles. The van der Waals surface area contributed by atoms with Crippen molar-refractivity contribution in [2.75, 3.05) is 13.2 Å². The number of carbonyl (C=O) groups is 2. The molecule has 0 amide bonds. The maximum absolute atomic E-state index is 12.5. The van der Waals surface area contributed by atoms with Gasteiger partial charge >= 0.3 is 11.9 Å². The Hall–Kier alpha value is -6.02. The Morgan fingerprint density at radius 2 is 0.891 bits per heavy atom. The van der Waals surface area contributed by atoms with Crippen LogP contribution in [-0.4, -0.2) is 37.6 Å². The molecule has 0 aliphatic heterocycles. The average Bonchev–Trinajstić information content (AvgIpc) is 3.09. The molecule has 0 spiro atoms. The van der Waals surface area contributed by atoms with Gasteiger partial charge in [0.05, 0.1) is 35.7 Å². The zero-order valence-corrected chi connectivity index (χ0v) is 25.5. The van der Waals surface area contributed by atoms with E-state index in [4.69, 9.17) is 18.9 Å². The molecule has 5 aromatic carbocycles. The van der Waals surface area contributed by atoms with Crippen LogP contribution in [0.5, 0.6) is 23.0 Å². The number of carbonyl (C=O) groups excluding carboxylic acids is 2. The molecule has 0 saturated carbocycles. The second-order valence-corrected chi connectivity index (χ2v) is 9.87. The number of aliphatic imine (C=N–C) groups is 2. The highest BCUT2D eigenvalue weighted by molar-refractivity contribution is 5.92. The lowest BCUT2D eigenvalue weighted by molar-refractivity contribution is 0.0725. The van der Waals surface area contributed by atoms with Crippen LogP contribution < -0.4 is 18.9 Å². The Morgan fingerprint density at radius 1 is 0.522 bits per heavy atom. The predicted octanol–water partition coefficient (Wildman–Crippen LogP) is 8.42. The molecular weight excluding hydrogens is 580 g/mol. The van der Waals surface area contributed by atoms with E-state index in [1.165, 1.54) is 0 Å². The summed E-state index contributed by atoms with van der Waals surface area (Å²) >= 11 is 0. The number of benzene rings is 5. The van der Waals surface area contributed by atoms with E-state index in [2.05, 4.69) is 9.98 Å². The third kappa shape index (κ3) is 9.00. The van der Waals surface area contributed by atoms with Gasteiger partial charge in [-0.3, -0.25) is 9.98 Å². The fourth-order valence-electron chi connectivity index (χ4n) is 4.24. The van der Waals surface area contributed by atoms with E-state index < -0.39 is 11.9 Å². The van der Waals surface area contributed by atoms with Crippen LogP contribution in [0.15, 0.2) is 131 Å². The first-order chi connectivity index (χ1) is 22.5. The Morgan fingerprint density at radius 3 is 1.26 bits per heavy atom. The van der Waals surface area contributed by atoms with Crippen molar-refractivity contribution in [2.45, 2.75) is 13.8 Å². The van der Waals surface area contributed by atoms with Gasteiger partial charge in [-0.05, 0) is 140 Å². The number of nitrogens with zero attached hydrogens (tertiary/aromatic N) is 2. The molecule has 0 aromatic heterocycles. The molecule has 46 heavy (non-hydrogen) atoms. The van der Waals surface area contributed by atoms with E-state index in [0.717, 1.165) is 22.5 Å². The van der Waals surface area contributed by atoms with E-state index in [1.54, 1.807) is 85.2 Å². The van der Waals surface area contributed by atoms with Crippen molar-refractivity contribution in [3.63, 3.8) is 0 Å². The van der Waals surface area contributed by atoms with E-state index >= 15 is 0 Å². The van der Waals surface area contributed by atoms with Crippen LogP contribution in [0, 0.1) is 0 Å². The number of hydrogen-bond acceptors (Lipinski definition) is 8. The summed E-state index contributed by atoms with van der Waals surface area (Å²) in [4.78, 5) is 34.0. The lowest BCUT2D eigenvalue weighted by atomic mass is 10.2. The van der Waals surface area contributed by atoms with Gasteiger partial charge in [0.2, 0.25) is 0 Å². The molecule has 0 N–H and O–H groups in total. The molecule has 0 atom stereocenters. The van der Waals surface area contributed by atoms with Gasteiger partial charge < -0.3 is 18.9 Å². The molecular formula is C38H32N2O6. The second-order valence-electron chi connectivity index (χ2n) is 9.87.